The lowest BCUT2D eigenvalue weighted by atomic mass is 10.1. The van der Waals surface area contributed by atoms with E-state index in [1.54, 1.807) is 59.4 Å². The minimum atomic E-state index is -0.294. The maximum absolute atomic E-state index is 12.6. The van der Waals surface area contributed by atoms with Crippen molar-refractivity contribution >= 4 is 17.7 Å². The largest absolute Gasteiger partial charge is 0.350 e. The molecule has 0 radical (unpaired) electrons. The Balaban J connectivity index is 1.39. The van der Waals surface area contributed by atoms with E-state index < -0.39 is 0 Å². The Labute approximate surface area is 186 Å². The summed E-state index contributed by atoms with van der Waals surface area (Å²) in [6, 6.07) is 13.8. The van der Waals surface area contributed by atoms with E-state index in [1.165, 1.54) is 4.90 Å². The number of aryl methyl sites for hydroxylation is 1. The van der Waals surface area contributed by atoms with Crippen molar-refractivity contribution in [1.82, 2.24) is 24.9 Å². The molecule has 1 unspecified atom stereocenters. The normalized spacial score (nSPS) is 14.1. The van der Waals surface area contributed by atoms with Gasteiger partial charge in [-0.2, -0.15) is 5.10 Å². The van der Waals surface area contributed by atoms with Crippen molar-refractivity contribution in [3.05, 3.63) is 88.7 Å². The topological polar surface area (TPSA) is 87.5 Å². The van der Waals surface area contributed by atoms with E-state index in [0.717, 1.165) is 11.1 Å². The van der Waals surface area contributed by atoms with E-state index in [2.05, 4.69) is 10.4 Å². The number of nitrogens with zero attached hydrogens (tertiary/aromatic N) is 4. The summed E-state index contributed by atoms with van der Waals surface area (Å²) in [7, 11) is 5.77. The van der Waals surface area contributed by atoms with Gasteiger partial charge in [0.1, 0.15) is 0 Å². The van der Waals surface area contributed by atoms with Gasteiger partial charge < -0.3 is 10.2 Å². The third-order valence-corrected chi connectivity index (χ3v) is 5.62. The van der Waals surface area contributed by atoms with Gasteiger partial charge in [0.25, 0.3) is 17.7 Å². The zero-order valence-corrected chi connectivity index (χ0v) is 18.3. The van der Waals surface area contributed by atoms with Crippen LogP contribution in [0.25, 0.3) is 0 Å². The molecule has 0 fully saturated rings. The van der Waals surface area contributed by atoms with Crippen LogP contribution in [0, 0.1) is 0 Å². The van der Waals surface area contributed by atoms with Gasteiger partial charge in [0.05, 0.1) is 29.9 Å². The van der Waals surface area contributed by atoms with Gasteiger partial charge in [-0.05, 0) is 43.9 Å². The minimum absolute atomic E-state index is 0.000692. The second-order valence-electron chi connectivity index (χ2n) is 8.08. The molecule has 0 aliphatic carbocycles. The van der Waals surface area contributed by atoms with Crippen LogP contribution in [0.3, 0.4) is 0 Å². The second-order valence-corrected chi connectivity index (χ2v) is 8.08. The Morgan fingerprint density at radius 3 is 2.19 bits per heavy atom. The highest BCUT2D eigenvalue weighted by atomic mass is 16.2. The van der Waals surface area contributed by atoms with Gasteiger partial charge in [0.15, 0.2) is 0 Å². The van der Waals surface area contributed by atoms with Gasteiger partial charge in [-0.1, -0.05) is 24.3 Å². The average molecular weight is 431 g/mol. The number of imide groups is 1. The first-order chi connectivity index (χ1) is 15.3. The molecule has 1 N–H and O–H groups in total. The number of likely N-dealkylation sites (N-methyl/N-ethyl adjacent to an activating group) is 1. The molecule has 0 spiro atoms. The highest BCUT2D eigenvalue weighted by molar-refractivity contribution is 6.21. The molecular weight excluding hydrogens is 406 g/mol. The van der Waals surface area contributed by atoms with E-state index in [-0.39, 0.29) is 30.3 Å². The molecule has 3 aromatic rings. The first-order valence-corrected chi connectivity index (χ1v) is 10.3. The number of carbonyl (C=O) groups is 3. The van der Waals surface area contributed by atoms with Gasteiger partial charge in [0, 0.05) is 30.9 Å². The lowest BCUT2D eigenvalue weighted by molar-refractivity contribution is 0.0641. The van der Waals surface area contributed by atoms with Crippen LogP contribution in [-0.4, -0.2) is 57.9 Å². The molecular formula is C24H25N5O3. The van der Waals surface area contributed by atoms with Gasteiger partial charge in [-0.25, -0.2) is 0 Å². The van der Waals surface area contributed by atoms with E-state index in [4.69, 9.17) is 0 Å². The van der Waals surface area contributed by atoms with Crippen LogP contribution in [0.2, 0.25) is 0 Å². The molecule has 1 aliphatic heterocycles. The fraction of sp³-hybridized carbons (Fsp3) is 0.250. The van der Waals surface area contributed by atoms with Crippen LogP contribution >= 0.6 is 0 Å². The Morgan fingerprint density at radius 1 is 1.03 bits per heavy atom. The highest BCUT2D eigenvalue weighted by Crippen LogP contribution is 2.24. The molecule has 8 heteroatoms. The van der Waals surface area contributed by atoms with Crippen molar-refractivity contribution in [3.8, 4) is 0 Å². The van der Waals surface area contributed by atoms with Crippen LogP contribution < -0.4 is 5.32 Å². The lowest BCUT2D eigenvalue weighted by Crippen LogP contribution is -2.34. The van der Waals surface area contributed by atoms with E-state index >= 15 is 0 Å². The zero-order chi connectivity index (χ0) is 22.8. The average Bonchev–Trinajstić information content (AvgIpc) is 3.31. The van der Waals surface area contributed by atoms with Crippen molar-refractivity contribution in [2.45, 2.75) is 12.6 Å². The summed E-state index contributed by atoms with van der Waals surface area (Å²) in [5.41, 5.74) is 3.17. The zero-order valence-electron chi connectivity index (χ0n) is 18.3. The lowest BCUT2D eigenvalue weighted by Gasteiger charge is -2.23. The maximum Gasteiger partial charge on any atom is 0.261 e. The highest BCUT2D eigenvalue weighted by Gasteiger charge is 2.34. The predicted molar refractivity (Wildman–Crippen MR) is 119 cm³/mol. The second kappa shape index (κ2) is 8.76. The molecule has 2 heterocycles. The molecule has 1 aliphatic rings. The van der Waals surface area contributed by atoms with Crippen LogP contribution in [0.1, 0.15) is 48.2 Å². The van der Waals surface area contributed by atoms with E-state index in [9.17, 15) is 14.4 Å². The molecule has 0 saturated heterocycles. The predicted octanol–water partition coefficient (Wildman–Crippen LogP) is 2.25. The monoisotopic (exact) mass is 431 g/mol. The van der Waals surface area contributed by atoms with Gasteiger partial charge >= 0.3 is 0 Å². The minimum Gasteiger partial charge on any atom is -0.350 e. The number of hydrogen-bond donors (Lipinski definition) is 1. The standard InChI is InChI=1S/C24H25N5O3/c1-27(2)21(18-12-26-28(3)15-18)13-25-22(30)17-10-8-16(9-11-17)14-29-23(31)19-6-4-5-7-20(19)24(29)32/h4-12,15,21H,13-14H2,1-3H3,(H,25,30). The fourth-order valence-corrected chi connectivity index (χ4v) is 3.83. The molecule has 1 aromatic heterocycles. The molecule has 4 rings (SSSR count). The summed E-state index contributed by atoms with van der Waals surface area (Å²) < 4.78 is 1.74. The number of carbonyl (C=O) groups excluding carboxylic acids is 3. The van der Waals surface area contributed by atoms with Crippen LogP contribution in [-0.2, 0) is 13.6 Å². The third-order valence-electron chi connectivity index (χ3n) is 5.62. The van der Waals surface area contributed by atoms with Gasteiger partial charge in [-0.15, -0.1) is 0 Å². The quantitative estimate of drug-likeness (QED) is 0.580. The Kier molecular flexibility index (Phi) is 5.87. The number of benzene rings is 2. The third kappa shape index (κ3) is 4.17. The van der Waals surface area contributed by atoms with Crippen molar-refractivity contribution in [3.63, 3.8) is 0 Å². The number of rotatable bonds is 7. The van der Waals surface area contributed by atoms with Crippen LogP contribution in [0.5, 0.6) is 0 Å². The molecule has 32 heavy (non-hydrogen) atoms. The fourth-order valence-electron chi connectivity index (χ4n) is 3.83. The summed E-state index contributed by atoms with van der Waals surface area (Å²) in [6.07, 6.45) is 3.73. The number of amides is 3. The van der Waals surface area contributed by atoms with E-state index in [1.807, 2.05) is 32.2 Å². The first kappa shape index (κ1) is 21.5. The Morgan fingerprint density at radius 2 is 1.66 bits per heavy atom. The summed E-state index contributed by atoms with van der Waals surface area (Å²) >= 11 is 0. The first-order valence-electron chi connectivity index (χ1n) is 10.3. The number of fused-ring (bicyclic) bond motifs is 1. The Bertz CT molecular complexity index is 1130. The van der Waals surface area contributed by atoms with Crippen molar-refractivity contribution in [1.29, 1.82) is 0 Å². The SMILES string of the molecule is CN(C)C(CNC(=O)c1ccc(CN2C(=O)c3ccccc3C2=O)cc1)c1cnn(C)c1. The Hall–Kier alpha value is -3.78. The van der Waals surface area contributed by atoms with Crippen molar-refractivity contribution in [2.24, 2.45) is 7.05 Å². The molecule has 164 valence electrons. The van der Waals surface area contributed by atoms with Crippen molar-refractivity contribution in [2.75, 3.05) is 20.6 Å². The van der Waals surface area contributed by atoms with Gasteiger partial charge in [-0.3, -0.25) is 24.0 Å². The molecule has 0 saturated carbocycles. The molecule has 2 aromatic carbocycles. The molecule has 0 bridgehead atoms. The molecule has 3 amide bonds. The number of nitrogens with one attached hydrogen (secondary N) is 1. The number of hydrogen-bond acceptors (Lipinski definition) is 5. The summed E-state index contributed by atoms with van der Waals surface area (Å²) in [5, 5.41) is 7.18. The van der Waals surface area contributed by atoms with Gasteiger partial charge in [0.2, 0.25) is 0 Å². The summed E-state index contributed by atoms with van der Waals surface area (Å²) in [4.78, 5) is 41.0. The smallest absolute Gasteiger partial charge is 0.261 e. The van der Waals surface area contributed by atoms with Crippen LogP contribution in [0.15, 0.2) is 60.9 Å². The summed E-state index contributed by atoms with van der Waals surface area (Å²) in [5.74, 6) is -0.775. The summed E-state index contributed by atoms with van der Waals surface area (Å²) in [6.45, 7) is 0.603. The molecule has 8 nitrogen and oxygen atoms in total. The maximum atomic E-state index is 12.6. The van der Waals surface area contributed by atoms with E-state index in [0.29, 0.717) is 23.2 Å². The van der Waals surface area contributed by atoms with Crippen LogP contribution in [0.4, 0.5) is 0 Å². The van der Waals surface area contributed by atoms with Crippen molar-refractivity contribution < 1.29 is 14.4 Å². The molecule has 1 atom stereocenters. The number of aromatic nitrogens is 2.